The number of nitrogens with two attached hydrogens (primary N) is 1. The van der Waals surface area contributed by atoms with E-state index in [0.717, 1.165) is 32.4 Å². The van der Waals surface area contributed by atoms with Crippen LogP contribution < -0.4 is 10.5 Å². The molecule has 2 rings (SSSR count). The van der Waals surface area contributed by atoms with Gasteiger partial charge in [0.25, 0.3) is 5.91 Å². The van der Waals surface area contributed by atoms with Crippen LogP contribution in [0.15, 0.2) is 18.2 Å². The lowest BCUT2D eigenvalue weighted by Crippen LogP contribution is -2.38. The van der Waals surface area contributed by atoms with Crippen LogP contribution >= 0.6 is 0 Å². The molecule has 1 amide bonds. The number of anilines is 1. The summed E-state index contributed by atoms with van der Waals surface area (Å²) in [6.45, 7) is 1.46. The Balaban J connectivity index is 1.95. The van der Waals surface area contributed by atoms with Gasteiger partial charge < -0.3 is 20.5 Å². The van der Waals surface area contributed by atoms with Crippen LogP contribution in [-0.4, -0.2) is 41.6 Å². The molecule has 0 saturated carbocycles. The molecule has 1 fully saturated rings. The van der Waals surface area contributed by atoms with E-state index < -0.39 is 5.97 Å². The van der Waals surface area contributed by atoms with Crippen molar-refractivity contribution in [1.82, 2.24) is 4.90 Å². The van der Waals surface area contributed by atoms with Crippen LogP contribution in [0.3, 0.4) is 0 Å². The zero-order valence-electron chi connectivity index (χ0n) is 11.2. The number of carboxylic acid groups (broad SMARTS) is 1. The zero-order valence-corrected chi connectivity index (χ0v) is 11.2. The number of benzene rings is 1. The number of ether oxygens (including phenoxy) is 1. The first-order valence-electron chi connectivity index (χ1n) is 6.61. The highest BCUT2D eigenvalue weighted by Gasteiger charge is 2.17. The van der Waals surface area contributed by atoms with E-state index in [4.69, 9.17) is 15.6 Å². The molecule has 1 heterocycles. The molecule has 0 spiro atoms. The summed E-state index contributed by atoms with van der Waals surface area (Å²) >= 11 is 0. The molecule has 108 valence electrons. The quantitative estimate of drug-likeness (QED) is 0.811. The lowest BCUT2D eigenvalue weighted by Gasteiger charge is -2.26. The SMILES string of the molecule is Nc1ccc(OCC(=O)N2CCCCC2)cc1C(=O)O. The summed E-state index contributed by atoms with van der Waals surface area (Å²) in [4.78, 5) is 24.6. The molecular formula is C14H18N2O4. The Labute approximate surface area is 117 Å². The van der Waals surface area contributed by atoms with E-state index in [9.17, 15) is 9.59 Å². The monoisotopic (exact) mass is 278 g/mol. The van der Waals surface area contributed by atoms with Crippen molar-refractivity contribution in [3.8, 4) is 5.75 Å². The van der Waals surface area contributed by atoms with Crippen LogP contribution in [0.1, 0.15) is 29.6 Å². The zero-order chi connectivity index (χ0) is 14.5. The number of nitrogens with zero attached hydrogens (tertiary/aromatic N) is 1. The van der Waals surface area contributed by atoms with Crippen molar-refractivity contribution < 1.29 is 19.4 Å². The van der Waals surface area contributed by atoms with Crippen molar-refractivity contribution in [2.24, 2.45) is 0 Å². The van der Waals surface area contributed by atoms with Crippen molar-refractivity contribution in [2.75, 3.05) is 25.4 Å². The fourth-order valence-electron chi connectivity index (χ4n) is 2.19. The molecule has 0 aromatic heterocycles. The smallest absolute Gasteiger partial charge is 0.337 e. The summed E-state index contributed by atoms with van der Waals surface area (Å²) in [5.41, 5.74) is 5.70. The largest absolute Gasteiger partial charge is 0.484 e. The highest BCUT2D eigenvalue weighted by molar-refractivity contribution is 5.94. The van der Waals surface area contributed by atoms with Crippen molar-refractivity contribution in [2.45, 2.75) is 19.3 Å². The van der Waals surface area contributed by atoms with Gasteiger partial charge in [-0.3, -0.25) is 4.79 Å². The number of piperidine rings is 1. The highest BCUT2D eigenvalue weighted by atomic mass is 16.5. The minimum atomic E-state index is -1.12. The number of nitrogen functional groups attached to an aromatic ring is 1. The van der Waals surface area contributed by atoms with E-state index in [1.807, 2.05) is 0 Å². The van der Waals surface area contributed by atoms with Gasteiger partial charge in [-0.1, -0.05) is 0 Å². The highest BCUT2D eigenvalue weighted by Crippen LogP contribution is 2.20. The standard InChI is InChI=1S/C14H18N2O4/c15-12-5-4-10(8-11(12)14(18)19)20-9-13(17)16-6-2-1-3-7-16/h4-5,8H,1-3,6-7,9,15H2,(H,18,19). The van der Waals surface area contributed by atoms with Gasteiger partial charge in [-0.15, -0.1) is 0 Å². The van der Waals surface area contributed by atoms with Crippen LogP contribution in [0, 0.1) is 0 Å². The molecule has 6 nitrogen and oxygen atoms in total. The maximum Gasteiger partial charge on any atom is 0.337 e. The third-order valence-electron chi connectivity index (χ3n) is 3.33. The average molecular weight is 278 g/mol. The van der Waals surface area contributed by atoms with Crippen LogP contribution in [-0.2, 0) is 4.79 Å². The van der Waals surface area contributed by atoms with Gasteiger partial charge in [-0.2, -0.15) is 0 Å². The van der Waals surface area contributed by atoms with Gasteiger partial charge in [-0.25, -0.2) is 4.79 Å². The number of hydrogen-bond donors (Lipinski definition) is 2. The van der Waals surface area contributed by atoms with Crippen LogP contribution in [0.5, 0.6) is 5.75 Å². The Bertz CT molecular complexity index is 510. The summed E-state index contributed by atoms with van der Waals surface area (Å²) in [7, 11) is 0. The first kappa shape index (κ1) is 14.2. The van der Waals surface area contributed by atoms with Gasteiger partial charge in [0, 0.05) is 18.8 Å². The van der Waals surface area contributed by atoms with E-state index in [1.165, 1.54) is 12.1 Å². The van der Waals surface area contributed by atoms with Gasteiger partial charge in [0.05, 0.1) is 5.56 Å². The van der Waals surface area contributed by atoms with Crippen LogP contribution in [0.4, 0.5) is 5.69 Å². The Kier molecular flexibility index (Phi) is 4.45. The van der Waals surface area contributed by atoms with Crippen molar-refractivity contribution in [3.63, 3.8) is 0 Å². The molecule has 0 unspecified atom stereocenters. The second-order valence-electron chi connectivity index (χ2n) is 4.78. The molecule has 6 heteroatoms. The number of carboxylic acids is 1. The Morgan fingerprint density at radius 3 is 2.60 bits per heavy atom. The molecule has 0 aliphatic carbocycles. The molecule has 1 aliphatic rings. The molecule has 1 aliphatic heterocycles. The third-order valence-corrected chi connectivity index (χ3v) is 3.33. The number of amides is 1. The molecular weight excluding hydrogens is 260 g/mol. The Morgan fingerprint density at radius 1 is 1.25 bits per heavy atom. The average Bonchev–Trinajstić information content (AvgIpc) is 2.46. The summed E-state index contributed by atoms with van der Waals surface area (Å²) < 4.78 is 5.36. The van der Waals surface area contributed by atoms with Crippen molar-refractivity contribution in [3.05, 3.63) is 23.8 Å². The topological polar surface area (TPSA) is 92.9 Å². The Morgan fingerprint density at radius 2 is 1.95 bits per heavy atom. The molecule has 1 aromatic rings. The number of carbonyl (C=O) groups is 2. The van der Waals surface area contributed by atoms with E-state index in [2.05, 4.69) is 0 Å². The second kappa shape index (κ2) is 6.27. The van der Waals surface area contributed by atoms with Crippen LogP contribution in [0.2, 0.25) is 0 Å². The van der Waals surface area contributed by atoms with Gasteiger partial charge in [0.2, 0.25) is 0 Å². The lowest BCUT2D eigenvalue weighted by molar-refractivity contribution is -0.134. The summed E-state index contributed by atoms with van der Waals surface area (Å²) in [5, 5.41) is 8.96. The summed E-state index contributed by atoms with van der Waals surface area (Å²) in [6, 6.07) is 4.36. The normalized spacial score (nSPS) is 14.9. The third kappa shape index (κ3) is 3.40. The molecule has 1 saturated heterocycles. The summed E-state index contributed by atoms with van der Waals surface area (Å²) in [5.74, 6) is -0.851. The number of aromatic carboxylic acids is 1. The maximum absolute atomic E-state index is 11.9. The fourth-order valence-corrected chi connectivity index (χ4v) is 2.19. The number of hydrogen-bond acceptors (Lipinski definition) is 4. The number of carbonyl (C=O) groups excluding carboxylic acids is 1. The maximum atomic E-state index is 11.9. The van der Waals surface area contributed by atoms with Crippen molar-refractivity contribution in [1.29, 1.82) is 0 Å². The van der Waals surface area contributed by atoms with Crippen LogP contribution in [0.25, 0.3) is 0 Å². The Hall–Kier alpha value is -2.24. The van der Waals surface area contributed by atoms with Gasteiger partial charge in [0.15, 0.2) is 6.61 Å². The predicted octanol–water partition coefficient (Wildman–Crippen LogP) is 1.36. The minimum absolute atomic E-state index is 0.0204. The second-order valence-corrected chi connectivity index (χ2v) is 4.78. The fraction of sp³-hybridized carbons (Fsp3) is 0.429. The molecule has 0 radical (unpaired) electrons. The van der Waals surface area contributed by atoms with E-state index in [1.54, 1.807) is 11.0 Å². The number of likely N-dealkylation sites (tertiary alicyclic amines) is 1. The van der Waals surface area contributed by atoms with E-state index in [-0.39, 0.29) is 23.8 Å². The van der Waals surface area contributed by atoms with Gasteiger partial charge in [-0.05, 0) is 37.5 Å². The van der Waals surface area contributed by atoms with Gasteiger partial charge >= 0.3 is 5.97 Å². The lowest BCUT2D eigenvalue weighted by atomic mass is 10.1. The molecule has 1 aromatic carbocycles. The molecule has 0 atom stereocenters. The number of rotatable bonds is 4. The first-order valence-corrected chi connectivity index (χ1v) is 6.61. The first-order chi connectivity index (χ1) is 9.58. The predicted molar refractivity (Wildman–Crippen MR) is 73.7 cm³/mol. The van der Waals surface area contributed by atoms with Crippen molar-refractivity contribution >= 4 is 17.6 Å². The minimum Gasteiger partial charge on any atom is -0.484 e. The molecule has 20 heavy (non-hydrogen) atoms. The van der Waals surface area contributed by atoms with E-state index in [0.29, 0.717) is 5.75 Å². The van der Waals surface area contributed by atoms with Gasteiger partial charge in [0.1, 0.15) is 5.75 Å². The summed E-state index contributed by atoms with van der Waals surface area (Å²) in [6.07, 6.45) is 3.21. The molecule has 3 N–H and O–H groups in total. The van der Waals surface area contributed by atoms with E-state index >= 15 is 0 Å². The molecule has 0 bridgehead atoms.